The largest absolute Gasteiger partial charge is 0.480 e. The molecular formula is C11H22N2O4S. The molecule has 0 aliphatic carbocycles. The standard InChI is InChI=1S/C11H22N2O4S/c1-9(2)12-6-8-18(16,17)13-7-4-3-5-10(13)11(14)15/h9-10,12H,3-8H2,1-2H3,(H,14,15). The fraction of sp³-hybridized carbons (Fsp3) is 0.909. The summed E-state index contributed by atoms with van der Waals surface area (Å²) in [6.07, 6.45) is 1.92. The molecule has 0 aromatic carbocycles. The van der Waals surface area contributed by atoms with Crippen molar-refractivity contribution in [1.29, 1.82) is 0 Å². The van der Waals surface area contributed by atoms with Gasteiger partial charge in [0.1, 0.15) is 6.04 Å². The average Bonchev–Trinajstić information content (AvgIpc) is 2.28. The molecule has 1 unspecified atom stereocenters. The molecule has 2 N–H and O–H groups in total. The van der Waals surface area contributed by atoms with E-state index in [0.717, 1.165) is 17.1 Å². The molecule has 6 nitrogen and oxygen atoms in total. The summed E-state index contributed by atoms with van der Waals surface area (Å²) in [7, 11) is -3.48. The number of sulfonamides is 1. The highest BCUT2D eigenvalue weighted by Gasteiger charge is 2.36. The molecular weight excluding hydrogens is 256 g/mol. The molecule has 1 aliphatic rings. The molecule has 0 saturated carbocycles. The number of hydrogen-bond acceptors (Lipinski definition) is 4. The number of rotatable bonds is 6. The van der Waals surface area contributed by atoms with E-state index in [1.165, 1.54) is 0 Å². The van der Waals surface area contributed by atoms with Gasteiger partial charge in [-0.15, -0.1) is 0 Å². The van der Waals surface area contributed by atoms with Crippen LogP contribution in [0.1, 0.15) is 33.1 Å². The summed E-state index contributed by atoms with van der Waals surface area (Å²) in [4.78, 5) is 11.1. The molecule has 106 valence electrons. The van der Waals surface area contributed by atoms with Crippen molar-refractivity contribution in [1.82, 2.24) is 9.62 Å². The molecule has 1 aliphatic heterocycles. The van der Waals surface area contributed by atoms with Crippen LogP contribution in [0.5, 0.6) is 0 Å². The van der Waals surface area contributed by atoms with E-state index in [1.807, 2.05) is 13.8 Å². The number of hydrogen-bond donors (Lipinski definition) is 2. The van der Waals surface area contributed by atoms with Crippen molar-refractivity contribution in [3.63, 3.8) is 0 Å². The minimum atomic E-state index is -3.48. The number of carbonyl (C=O) groups is 1. The Balaban J connectivity index is 2.66. The van der Waals surface area contributed by atoms with Gasteiger partial charge in [-0.3, -0.25) is 4.79 Å². The second-order valence-electron chi connectivity index (χ2n) is 4.89. The first kappa shape index (κ1) is 15.4. The lowest BCUT2D eigenvalue weighted by molar-refractivity contribution is -0.142. The van der Waals surface area contributed by atoms with Gasteiger partial charge >= 0.3 is 5.97 Å². The maximum atomic E-state index is 12.1. The van der Waals surface area contributed by atoms with Crippen LogP contribution in [-0.4, -0.2) is 54.7 Å². The zero-order valence-electron chi connectivity index (χ0n) is 10.9. The van der Waals surface area contributed by atoms with Gasteiger partial charge in [0.25, 0.3) is 0 Å². The van der Waals surface area contributed by atoms with Gasteiger partial charge in [0.05, 0.1) is 5.75 Å². The van der Waals surface area contributed by atoms with E-state index in [9.17, 15) is 13.2 Å². The van der Waals surface area contributed by atoms with Crippen LogP contribution in [0.3, 0.4) is 0 Å². The normalized spacial score (nSPS) is 22.3. The molecule has 1 heterocycles. The van der Waals surface area contributed by atoms with Crippen LogP contribution in [-0.2, 0) is 14.8 Å². The van der Waals surface area contributed by atoms with E-state index in [1.54, 1.807) is 0 Å². The highest BCUT2D eigenvalue weighted by atomic mass is 32.2. The lowest BCUT2D eigenvalue weighted by Crippen LogP contribution is -2.49. The zero-order valence-corrected chi connectivity index (χ0v) is 11.7. The zero-order chi connectivity index (χ0) is 13.8. The second kappa shape index (κ2) is 6.49. The Morgan fingerprint density at radius 3 is 2.67 bits per heavy atom. The summed E-state index contributed by atoms with van der Waals surface area (Å²) in [6, 6.07) is -0.667. The maximum Gasteiger partial charge on any atom is 0.322 e. The summed E-state index contributed by atoms with van der Waals surface area (Å²) in [5, 5.41) is 12.1. The second-order valence-corrected chi connectivity index (χ2v) is 6.93. The first-order valence-electron chi connectivity index (χ1n) is 6.30. The fourth-order valence-electron chi connectivity index (χ4n) is 2.08. The molecule has 18 heavy (non-hydrogen) atoms. The minimum absolute atomic E-state index is 0.0467. The van der Waals surface area contributed by atoms with Crippen LogP contribution >= 0.6 is 0 Å². The number of aliphatic carboxylic acids is 1. The molecule has 1 fully saturated rings. The van der Waals surface area contributed by atoms with E-state index in [2.05, 4.69) is 5.32 Å². The van der Waals surface area contributed by atoms with E-state index >= 15 is 0 Å². The van der Waals surface area contributed by atoms with Crippen molar-refractivity contribution in [2.75, 3.05) is 18.8 Å². The van der Waals surface area contributed by atoms with Crippen LogP contribution in [0.25, 0.3) is 0 Å². The highest BCUT2D eigenvalue weighted by Crippen LogP contribution is 2.20. The lowest BCUT2D eigenvalue weighted by atomic mass is 10.1. The van der Waals surface area contributed by atoms with Gasteiger partial charge in [0.15, 0.2) is 0 Å². The SMILES string of the molecule is CC(C)NCCS(=O)(=O)N1CCCCC1C(=O)O. The van der Waals surface area contributed by atoms with E-state index in [4.69, 9.17) is 5.11 Å². The van der Waals surface area contributed by atoms with Crippen molar-refractivity contribution in [3.8, 4) is 0 Å². The van der Waals surface area contributed by atoms with Crippen LogP contribution in [0.15, 0.2) is 0 Å². The van der Waals surface area contributed by atoms with Crippen molar-refractivity contribution in [2.45, 2.75) is 45.2 Å². The van der Waals surface area contributed by atoms with E-state index in [0.29, 0.717) is 19.5 Å². The van der Waals surface area contributed by atoms with E-state index in [-0.39, 0.29) is 11.8 Å². The molecule has 1 atom stereocenters. The summed E-state index contributed by atoms with van der Waals surface area (Å²) in [5.74, 6) is -1.09. The molecule has 1 saturated heterocycles. The molecule has 0 amide bonds. The Bertz CT molecular complexity index is 381. The van der Waals surface area contributed by atoms with Gasteiger partial charge in [-0.25, -0.2) is 8.42 Å². The molecule has 1 rings (SSSR count). The summed E-state index contributed by atoms with van der Waals surface area (Å²) < 4.78 is 25.4. The van der Waals surface area contributed by atoms with Crippen molar-refractivity contribution in [2.24, 2.45) is 0 Å². The number of piperidine rings is 1. The Kier molecular flexibility index (Phi) is 5.55. The Hall–Kier alpha value is -0.660. The maximum absolute atomic E-state index is 12.1. The lowest BCUT2D eigenvalue weighted by Gasteiger charge is -2.31. The molecule has 7 heteroatoms. The molecule has 0 spiro atoms. The molecule has 0 radical (unpaired) electrons. The van der Waals surface area contributed by atoms with Crippen LogP contribution in [0, 0.1) is 0 Å². The number of nitrogens with zero attached hydrogens (tertiary/aromatic N) is 1. The van der Waals surface area contributed by atoms with Crippen molar-refractivity contribution >= 4 is 16.0 Å². The first-order chi connectivity index (χ1) is 8.34. The summed E-state index contributed by atoms with van der Waals surface area (Å²) in [5.41, 5.74) is 0. The monoisotopic (exact) mass is 278 g/mol. The highest BCUT2D eigenvalue weighted by molar-refractivity contribution is 7.89. The smallest absolute Gasteiger partial charge is 0.322 e. The minimum Gasteiger partial charge on any atom is -0.480 e. The van der Waals surface area contributed by atoms with Gasteiger partial charge in [-0.05, 0) is 19.3 Å². The number of nitrogens with one attached hydrogen (secondary N) is 1. The third-order valence-electron chi connectivity index (χ3n) is 3.01. The van der Waals surface area contributed by atoms with Gasteiger partial charge < -0.3 is 10.4 Å². The quantitative estimate of drug-likeness (QED) is 0.727. The van der Waals surface area contributed by atoms with Gasteiger partial charge in [0, 0.05) is 19.1 Å². The Morgan fingerprint density at radius 1 is 1.44 bits per heavy atom. The van der Waals surface area contributed by atoms with E-state index < -0.39 is 22.0 Å². The predicted octanol–water partition coefficient (Wildman–Crippen LogP) is 0.253. The third kappa shape index (κ3) is 4.22. The summed E-state index contributed by atoms with van der Waals surface area (Å²) >= 11 is 0. The average molecular weight is 278 g/mol. The number of carboxylic acids is 1. The number of carboxylic acid groups (broad SMARTS) is 1. The Morgan fingerprint density at radius 2 is 2.11 bits per heavy atom. The topological polar surface area (TPSA) is 86.7 Å². The predicted molar refractivity (Wildman–Crippen MR) is 68.9 cm³/mol. The van der Waals surface area contributed by atoms with Crippen LogP contribution in [0.4, 0.5) is 0 Å². The third-order valence-corrected chi connectivity index (χ3v) is 4.88. The Labute approximate surface area is 108 Å². The van der Waals surface area contributed by atoms with Crippen molar-refractivity contribution in [3.05, 3.63) is 0 Å². The molecule has 0 bridgehead atoms. The molecule has 0 aromatic heterocycles. The fourth-order valence-corrected chi connectivity index (χ4v) is 3.68. The van der Waals surface area contributed by atoms with Crippen LogP contribution in [0.2, 0.25) is 0 Å². The summed E-state index contributed by atoms with van der Waals surface area (Å²) in [6.45, 7) is 4.55. The molecule has 0 aromatic rings. The van der Waals surface area contributed by atoms with Crippen molar-refractivity contribution < 1.29 is 18.3 Å². The van der Waals surface area contributed by atoms with Crippen LogP contribution < -0.4 is 5.32 Å². The first-order valence-corrected chi connectivity index (χ1v) is 7.91. The van der Waals surface area contributed by atoms with Gasteiger partial charge in [0.2, 0.25) is 10.0 Å². The van der Waals surface area contributed by atoms with Gasteiger partial charge in [-0.2, -0.15) is 4.31 Å². The van der Waals surface area contributed by atoms with Gasteiger partial charge in [-0.1, -0.05) is 13.8 Å².